The maximum absolute atomic E-state index is 12.4. The highest BCUT2D eigenvalue weighted by Crippen LogP contribution is 2.17. The maximum atomic E-state index is 12.4. The molecule has 1 N–H and O–H groups in total. The molecule has 7 heteroatoms. The molecular weight excluding hydrogens is 278 g/mol. The number of carbonyl (C=O) groups excluding carboxylic acids is 1. The number of carbonyl (C=O) groups is 1. The quantitative estimate of drug-likeness (QED) is 0.865. The van der Waals surface area contributed by atoms with Crippen molar-refractivity contribution in [3.05, 3.63) is 29.8 Å². The number of rotatable bonds is 3. The molecule has 1 saturated heterocycles. The van der Waals surface area contributed by atoms with Crippen LogP contribution in [0.3, 0.4) is 0 Å². The van der Waals surface area contributed by atoms with E-state index in [1.165, 1.54) is 16.4 Å². The van der Waals surface area contributed by atoms with Crippen molar-refractivity contribution in [2.45, 2.75) is 17.7 Å². The van der Waals surface area contributed by atoms with Gasteiger partial charge in [-0.05, 0) is 24.1 Å². The summed E-state index contributed by atoms with van der Waals surface area (Å²) in [5, 5.41) is 11.2. The molecule has 1 aliphatic heterocycles. The fraction of sp³-hybridized carbons (Fsp3) is 0.385. The van der Waals surface area contributed by atoms with E-state index in [1.807, 2.05) is 6.07 Å². The van der Waals surface area contributed by atoms with Gasteiger partial charge in [-0.3, -0.25) is 4.79 Å². The Kier molecular flexibility index (Phi) is 4.37. The fourth-order valence-electron chi connectivity index (χ4n) is 2.00. The number of benzene rings is 1. The fourth-order valence-corrected chi connectivity index (χ4v) is 3.44. The van der Waals surface area contributed by atoms with E-state index in [2.05, 4.69) is 5.32 Å². The Hall–Kier alpha value is -1.91. The highest BCUT2D eigenvalue weighted by atomic mass is 32.2. The van der Waals surface area contributed by atoms with Gasteiger partial charge in [0, 0.05) is 13.1 Å². The Balaban J connectivity index is 2.25. The van der Waals surface area contributed by atoms with Crippen LogP contribution < -0.4 is 5.32 Å². The zero-order chi connectivity index (χ0) is 14.6. The topological polar surface area (TPSA) is 90.3 Å². The second kappa shape index (κ2) is 6.03. The van der Waals surface area contributed by atoms with Crippen molar-refractivity contribution in [3.8, 4) is 6.07 Å². The minimum Gasteiger partial charge on any atom is -0.355 e. The van der Waals surface area contributed by atoms with Crippen molar-refractivity contribution in [2.24, 2.45) is 0 Å². The minimum absolute atomic E-state index is 0.147. The number of sulfonamides is 1. The minimum atomic E-state index is -3.66. The SMILES string of the molecule is N#CCc1ccc(S(=O)(=O)N2CCCNC(=O)C2)cc1. The van der Waals surface area contributed by atoms with Gasteiger partial charge in [-0.1, -0.05) is 12.1 Å². The highest BCUT2D eigenvalue weighted by Gasteiger charge is 2.27. The van der Waals surface area contributed by atoms with Gasteiger partial charge in [0.1, 0.15) is 0 Å². The van der Waals surface area contributed by atoms with Gasteiger partial charge in [0.15, 0.2) is 0 Å². The smallest absolute Gasteiger partial charge is 0.243 e. The molecular formula is C13H15N3O3S. The van der Waals surface area contributed by atoms with Crippen LogP contribution in [0.5, 0.6) is 0 Å². The molecule has 0 aromatic heterocycles. The van der Waals surface area contributed by atoms with E-state index in [4.69, 9.17) is 5.26 Å². The summed E-state index contributed by atoms with van der Waals surface area (Å²) in [7, 11) is -3.66. The van der Waals surface area contributed by atoms with Crippen molar-refractivity contribution >= 4 is 15.9 Å². The van der Waals surface area contributed by atoms with E-state index in [9.17, 15) is 13.2 Å². The molecule has 1 aliphatic rings. The zero-order valence-corrected chi connectivity index (χ0v) is 11.7. The lowest BCUT2D eigenvalue weighted by Crippen LogP contribution is -2.37. The molecule has 20 heavy (non-hydrogen) atoms. The van der Waals surface area contributed by atoms with Crippen LogP contribution in [-0.2, 0) is 21.2 Å². The molecule has 0 bridgehead atoms. The van der Waals surface area contributed by atoms with Crippen molar-refractivity contribution in [1.29, 1.82) is 5.26 Å². The monoisotopic (exact) mass is 293 g/mol. The molecule has 1 fully saturated rings. The van der Waals surface area contributed by atoms with Gasteiger partial charge in [-0.25, -0.2) is 8.42 Å². The van der Waals surface area contributed by atoms with Crippen LogP contribution in [0.2, 0.25) is 0 Å². The molecule has 106 valence electrons. The van der Waals surface area contributed by atoms with E-state index < -0.39 is 10.0 Å². The summed E-state index contributed by atoms with van der Waals surface area (Å²) in [5.74, 6) is -0.285. The van der Waals surface area contributed by atoms with Crippen molar-refractivity contribution in [1.82, 2.24) is 9.62 Å². The molecule has 6 nitrogen and oxygen atoms in total. The molecule has 0 unspecified atom stereocenters. The van der Waals surface area contributed by atoms with E-state index in [1.54, 1.807) is 12.1 Å². The first-order valence-corrected chi connectivity index (χ1v) is 7.71. The molecule has 0 radical (unpaired) electrons. The molecule has 1 amide bonds. The van der Waals surface area contributed by atoms with Crippen molar-refractivity contribution in [3.63, 3.8) is 0 Å². The summed E-state index contributed by atoms with van der Waals surface area (Å²) in [6, 6.07) is 8.20. The van der Waals surface area contributed by atoms with Gasteiger partial charge in [0.25, 0.3) is 0 Å². The molecule has 2 rings (SSSR count). The molecule has 1 aromatic carbocycles. The summed E-state index contributed by atoms with van der Waals surface area (Å²) in [6.07, 6.45) is 0.837. The van der Waals surface area contributed by atoms with Gasteiger partial charge in [0.2, 0.25) is 15.9 Å². The summed E-state index contributed by atoms with van der Waals surface area (Å²) in [4.78, 5) is 11.6. The first kappa shape index (κ1) is 14.5. The predicted molar refractivity (Wildman–Crippen MR) is 72.1 cm³/mol. The van der Waals surface area contributed by atoms with Crippen molar-refractivity contribution in [2.75, 3.05) is 19.6 Å². The number of nitriles is 1. The highest BCUT2D eigenvalue weighted by molar-refractivity contribution is 7.89. The average Bonchev–Trinajstić information content (AvgIpc) is 2.65. The van der Waals surface area contributed by atoms with Crippen molar-refractivity contribution < 1.29 is 13.2 Å². The van der Waals surface area contributed by atoms with Gasteiger partial charge in [-0.2, -0.15) is 9.57 Å². The Morgan fingerprint density at radius 3 is 2.65 bits per heavy atom. The predicted octanol–water partition coefficient (Wildman–Crippen LogP) is 0.263. The van der Waals surface area contributed by atoms with E-state index >= 15 is 0 Å². The molecule has 0 spiro atoms. The Bertz CT molecular complexity index is 632. The average molecular weight is 293 g/mol. The molecule has 0 atom stereocenters. The summed E-state index contributed by atoms with van der Waals surface area (Å²) in [5.41, 5.74) is 0.764. The lowest BCUT2D eigenvalue weighted by Gasteiger charge is -2.18. The van der Waals surface area contributed by atoms with E-state index in [0.717, 1.165) is 5.56 Å². The number of amides is 1. The van der Waals surface area contributed by atoms with Crippen LogP contribution in [-0.4, -0.2) is 38.3 Å². The molecule has 1 heterocycles. The lowest BCUT2D eigenvalue weighted by molar-refractivity contribution is -0.120. The standard InChI is InChI=1S/C13H15N3O3S/c14-7-6-11-2-4-12(5-3-11)20(18,19)16-9-1-8-15-13(17)10-16/h2-5H,1,6,8-10H2,(H,15,17). The number of nitrogens with one attached hydrogen (secondary N) is 1. The first-order valence-electron chi connectivity index (χ1n) is 6.27. The largest absolute Gasteiger partial charge is 0.355 e. The van der Waals surface area contributed by atoms with Gasteiger partial charge in [-0.15, -0.1) is 0 Å². The first-order chi connectivity index (χ1) is 9.54. The van der Waals surface area contributed by atoms with E-state index in [-0.39, 0.29) is 23.8 Å². The normalized spacial score (nSPS) is 17.1. The molecule has 0 saturated carbocycles. The summed E-state index contributed by atoms with van der Waals surface area (Å²) < 4.78 is 26.1. The van der Waals surface area contributed by atoms with Crippen LogP contribution in [0.4, 0.5) is 0 Å². The lowest BCUT2D eigenvalue weighted by atomic mass is 10.2. The third kappa shape index (κ3) is 3.15. The Morgan fingerprint density at radius 2 is 2.00 bits per heavy atom. The Morgan fingerprint density at radius 1 is 1.30 bits per heavy atom. The van der Waals surface area contributed by atoms with Crippen LogP contribution >= 0.6 is 0 Å². The van der Waals surface area contributed by atoms with Crippen LogP contribution in [0.25, 0.3) is 0 Å². The number of hydrogen-bond acceptors (Lipinski definition) is 4. The zero-order valence-electron chi connectivity index (χ0n) is 10.9. The van der Waals surface area contributed by atoms with Crippen LogP contribution in [0, 0.1) is 11.3 Å². The second-order valence-electron chi connectivity index (χ2n) is 4.52. The van der Waals surface area contributed by atoms with Gasteiger partial charge < -0.3 is 5.32 Å². The summed E-state index contributed by atoms with van der Waals surface area (Å²) >= 11 is 0. The molecule has 0 aliphatic carbocycles. The van der Waals surface area contributed by atoms with Gasteiger partial charge >= 0.3 is 0 Å². The van der Waals surface area contributed by atoms with Gasteiger partial charge in [0.05, 0.1) is 23.9 Å². The van der Waals surface area contributed by atoms with Crippen LogP contribution in [0.15, 0.2) is 29.2 Å². The molecule has 1 aromatic rings. The Labute approximate surface area is 118 Å². The second-order valence-corrected chi connectivity index (χ2v) is 6.46. The number of nitrogens with zero attached hydrogens (tertiary/aromatic N) is 2. The summed E-state index contributed by atoms with van der Waals surface area (Å²) in [6.45, 7) is 0.662. The maximum Gasteiger partial charge on any atom is 0.243 e. The third-order valence-electron chi connectivity index (χ3n) is 3.07. The van der Waals surface area contributed by atoms with Crippen LogP contribution in [0.1, 0.15) is 12.0 Å². The number of hydrogen-bond donors (Lipinski definition) is 1. The van der Waals surface area contributed by atoms with E-state index in [0.29, 0.717) is 19.5 Å². The third-order valence-corrected chi connectivity index (χ3v) is 4.93.